The molecule has 0 spiro atoms. The van der Waals surface area contributed by atoms with Crippen molar-refractivity contribution >= 4 is 16.9 Å². The Morgan fingerprint density at radius 3 is 2.50 bits per heavy atom. The molecule has 0 saturated heterocycles. The normalized spacial score (nSPS) is 10.5. The van der Waals surface area contributed by atoms with Crippen LogP contribution in [0.4, 0.5) is 0 Å². The smallest absolute Gasteiger partial charge is 0.326 e. The lowest BCUT2D eigenvalue weighted by atomic mass is 10.2. The van der Waals surface area contributed by atoms with Gasteiger partial charge < -0.3 is 23.5 Å². The first-order chi connectivity index (χ1) is 12.7. The molecule has 6 nitrogen and oxygen atoms in total. The van der Waals surface area contributed by atoms with Crippen LogP contribution in [0.5, 0.6) is 17.2 Å². The van der Waals surface area contributed by atoms with Crippen molar-refractivity contribution in [2.45, 2.75) is 6.54 Å². The summed E-state index contributed by atoms with van der Waals surface area (Å²) in [7, 11) is 3.20. The van der Waals surface area contributed by atoms with E-state index < -0.39 is 0 Å². The highest BCUT2D eigenvalue weighted by atomic mass is 16.6. The van der Waals surface area contributed by atoms with Gasteiger partial charge in [-0.3, -0.25) is 4.79 Å². The molecule has 26 heavy (non-hydrogen) atoms. The lowest BCUT2D eigenvalue weighted by Gasteiger charge is -2.10. The van der Waals surface area contributed by atoms with Gasteiger partial charge in [-0.15, -0.1) is 0 Å². The summed E-state index contributed by atoms with van der Waals surface area (Å²) in [4.78, 5) is 12.1. The maximum Gasteiger partial charge on any atom is 0.326 e. The summed E-state index contributed by atoms with van der Waals surface area (Å²) >= 11 is 0. The van der Waals surface area contributed by atoms with Crippen LogP contribution in [0, 0.1) is 0 Å². The maximum atomic E-state index is 12.1. The Bertz CT molecular complexity index is 873. The van der Waals surface area contributed by atoms with Crippen molar-refractivity contribution in [1.82, 2.24) is 4.57 Å². The molecule has 0 aliphatic rings. The Morgan fingerprint density at radius 1 is 0.962 bits per heavy atom. The van der Waals surface area contributed by atoms with Gasteiger partial charge >= 0.3 is 5.97 Å². The molecular formula is C20H21NO5. The van der Waals surface area contributed by atoms with Crippen molar-refractivity contribution in [3.8, 4) is 17.2 Å². The lowest BCUT2D eigenvalue weighted by Crippen LogP contribution is -2.16. The van der Waals surface area contributed by atoms with E-state index >= 15 is 0 Å². The monoisotopic (exact) mass is 355 g/mol. The molecule has 1 aromatic heterocycles. The van der Waals surface area contributed by atoms with Crippen LogP contribution in [0.1, 0.15) is 0 Å². The molecule has 0 unspecified atom stereocenters. The van der Waals surface area contributed by atoms with Crippen LogP contribution in [0.2, 0.25) is 0 Å². The second-order valence-electron chi connectivity index (χ2n) is 5.59. The fourth-order valence-corrected chi connectivity index (χ4v) is 2.68. The van der Waals surface area contributed by atoms with E-state index in [1.165, 1.54) is 0 Å². The Balaban J connectivity index is 1.59. The fourth-order valence-electron chi connectivity index (χ4n) is 2.68. The average Bonchev–Trinajstić information content (AvgIpc) is 3.08. The molecule has 0 N–H and O–H groups in total. The van der Waals surface area contributed by atoms with E-state index in [0.717, 1.165) is 16.7 Å². The van der Waals surface area contributed by atoms with E-state index in [9.17, 15) is 4.79 Å². The van der Waals surface area contributed by atoms with E-state index in [4.69, 9.17) is 18.9 Å². The molecule has 0 aliphatic heterocycles. The van der Waals surface area contributed by atoms with Gasteiger partial charge in [-0.25, -0.2) is 0 Å². The zero-order valence-electron chi connectivity index (χ0n) is 14.8. The highest BCUT2D eigenvalue weighted by Crippen LogP contribution is 2.31. The third kappa shape index (κ3) is 4.08. The van der Waals surface area contributed by atoms with E-state index in [2.05, 4.69) is 0 Å². The number of fused-ring (bicyclic) bond motifs is 1. The molecule has 0 amide bonds. The minimum atomic E-state index is -0.332. The van der Waals surface area contributed by atoms with E-state index in [1.54, 1.807) is 18.8 Å². The number of aromatic nitrogens is 1. The highest BCUT2D eigenvalue weighted by molar-refractivity contribution is 5.89. The molecule has 0 bridgehead atoms. The third-order valence-corrected chi connectivity index (χ3v) is 3.94. The molecule has 0 saturated carbocycles. The number of esters is 1. The summed E-state index contributed by atoms with van der Waals surface area (Å²) in [6, 6.07) is 15.0. The van der Waals surface area contributed by atoms with E-state index in [-0.39, 0.29) is 19.1 Å². The van der Waals surface area contributed by atoms with Gasteiger partial charge in [0.25, 0.3) is 0 Å². The number of rotatable bonds is 8. The number of hydrogen-bond acceptors (Lipinski definition) is 5. The third-order valence-electron chi connectivity index (χ3n) is 3.94. The second-order valence-corrected chi connectivity index (χ2v) is 5.59. The average molecular weight is 355 g/mol. The van der Waals surface area contributed by atoms with Crippen molar-refractivity contribution in [1.29, 1.82) is 0 Å². The van der Waals surface area contributed by atoms with Crippen LogP contribution < -0.4 is 14.2 Å². The molecule has 2 aromatic carbocycles. The number of para-hydroxylation sites is 1. The first-order valence-corrected chi connectivity index (χ1v) is 8.25. The van der Waals surface area contributed by atoms with Crippen LogP contribution in [-0.4, -0.2) is 38.0 Å². The maximum absolute atomic E-state index is 12.1. The Morgan fingerprint density at radius 2 is 1.77 bits per heavy atom. The van der Waals surface area contributed by atoms with Crippen molar-refractivity contribution in [3.63, 3.8) is 0 Å². The molecule has 0 atom stereocenters. The van der Waals surface area contributed by atoms with Crippen LogP contribution >= 0.6 is 0 Å². The summed E-state index contributed by atoms with van der Waals surface area (Å²) in [5, 5.41) is 0.911. The quantitative estimate of drug-likeness (QED) is 0.458. The van der Waals surface area contributed by atoms with Gasteiger partial charge in [-0.1, -0.05) is 18.2 Å². The zero-order chi connectivity index (χ0) is 18.4. The summed E-state index contributed by atoms with van der Waals surface area (Å²) < 4.78 is 23.2. The van der Waals surface area contributed by atoms with Crippen LogP contribution in [0.15, 0.2) is 54.7 Å². The van der Waals surface area contributed by atoms with Gasteiger partial charge in [-0.2, -0.15) is 0 Å². The lowest BCUT2D eigenvalue weighted by molar-refractivity contribution is -0.145. The standard InChI is InChI=1S/C20H21NO5/c1-23-16-12-18-17(19(13-16)24-2)8-9-21(18)14-20(22)26-11-10-25-15-6-4-3-5-7-15/h3-9,12-13H,10-11,14H2,1-2H3. The van der Waals surface area contributed by atoms with Crippen molar-refractivity contribution in [3.05, 3.63) is 54.7 Å². The van der Waals surface area contributed by atoms with Crippen LogP contribution in [-0.2, 0) is 16.1 Å². The molecule has 0 aliphatic carbocycles. The first kappa shape index (κ1) is 17.7. The molecule has 3 rings (SSSR count). The molecule has 1 heterocycles. The van der Waals surface area contributed by atoms with Crippen molar-refractivity contribution < 1.29 is 23.7 Å². The molecule has 136 valence electrons. The minimum absolute atomic E-state index is 0.102. The molecule has 0 fully saturated rings. The van der Waals surface area contributed by atoms with Crippen LogP contribution in [0.25, 0.3) is 10.9 Å². The van der Waals surface area contributed by atoms with E-state index in [1.807, 2.05) is 54.7 Å². The van der Waals surface area contributed by atoms with Gasteiger partial charge in [-0.05, 0) is 18.2 Å². The number of benzene rings is 2. The number of nitrogens with zero attached hydrogens (tertiary/aromatic N) is 1. The summed E-state index contributed by atoms with van der Waals surface area (Å²) in [6.07, 6.45) is 1.83. The number of hydrogen-bond donors (Lipinski definition) is 0. The zero-order valence-corrected chi connectivity index (χ0v) is 14.8. The van der Waals surface area contributed by atoms with Crippen LogP contribution in [0.3, 0.4) is 0 Å². The number of ether oxygens (including phenoxy) is 4. The highest BCUT2D eigenvalue weighted by Gasteiger charge is 2.12. The Labute approximate surface area is 151 Å². The molecular weight excluding hydrogens is 334 g/mol. The molecule has 0 radical (unpaired) electrons. The Kier molecular flexibility index (Phi) is 5.63. The summed E-state index contributed by atoms with van der Waals surface area (Å²) in [5.41, 5.74) is 0.846. The van der Waals surface area contributed by atoms with Crippen molar-refractivity contribution in [2.75, 3.05) is 27.4 Å². The minimum Gasteiger partial charge on any atom is -0.497 e. The summed E-state index contributed by atoms with van der Waals surface area (Å²) in [5.74, 6) is 1.78. The topological polar surface area (TPSA) is 58.9 Å². The predicted molar refractivity (Wildman–Crippen MR) is 97.9 cm³/mol. The first-order valence-electron chi connectivity index (χ1n) is 8.25. The van der Waals surface area contributed by atoms with Crippen molar-refractivity contribution in [2.24, 2.45) is 0 Å². The SMILES string of the molecule is COc1cc(OC)c2ccn(CC(=O)OCCOc3ccccc3)c2c1. The second kappa shape index (κ2) is 8.29. The van der Waals surface area contributed by atoms with Gasteiger partial charge in [0.1, 0.15) is 37.0 Å². The van der Waals surface area contributed by atoms with E-state index in [0.29, 0.717) is 18.1 Å². The number of carbonyl (C=O) groups is 1. The summed E-state index contributed by atoms with van der Waals surface area (Å²) in [6.45, 7) is 0.606. The van der Waals surface area contributed by atoms with Gasteiger partial charge in [0.2, 0.25) is 0 Å². The Hall–Kier alpha value is -3.15. The largest absolute Gasteiger partial charge is 0.497 e. The number of carbonyl (C=O) groups excluding carboxylic acids is 1. The molecule has 6 heteroatoms. The predicted octanol–water partition coefficient (Wildman–Crippen LogP) is 3.28. The molecule has 3 aromatic rings. The fraction of sp³-hybridized carbons (Fsp3) is 0.250. The van der Waals surface area contributed by atoms with Gasteiger partial charge in [0.05, 0.1) is 19.7 Å². The van der Waals surface area contributed by atoms with Gasteiger partial charge in [0.15, 0.2) is 0 Å². The number of methoxy groups -OCH3 is 2. The van der Waals surface area contributed by atoms with Gasteiger partial charge in [0, 0.05) is 23.7 Å².